The molecular formula is C11H14N4OS. The summed E-state index contributed by atoms with van der Waals surface area (Å²) >= 11 is 1.62. The number of carbonyl (C=O) groups excluding carboxylic acids is 1. The summed E-state index contributed by atoms with van der Waals surface area (Å²) in [4.78, 5) is 18.9. The van der Waals surface area contributed by atoms with E-state index < -0.39 is 0 Å². The summed E-state index contributed by atoms with van der Waals surface area (Å²) in [7, 11) is 0. The van der Waals surface area contributed by atoms with Crippen LogP contribution in [0, 0.1) is 0 Å². The van der Waals surface area contributed by atoms with Crippen molar-refractivity contribution in [2.75, 3.05) is 12.3 Å². The molecule has 3 rings (SSSR count). The Hall–Kier alpha value is -1.56. The lowest BCUT2D eigenvalue weighted by atomic mass is 10.1. The molecule has 1 aliphatic heterocycles. The number of nitrogens with zero attached hydrogens (tertiary/aromatic N) is 3. The van der Waals surface area contributed by atoms with Crippen LogP contribution in [0.15, 0.2) is 11.6 Å². The Kier molecular flexibility index (Phi) is 2.32. The van der Waals surface area contributed by atoms with E-state index in [2.05, 4.69) is 4.98 Å². The average molecular weight is 250 g/mol. The van der Waals surface area contributed by atoms with Crippen LogP contribution in [0.2, 0.25) is 0 Å². The number of thiazole rings is 1. The third-order valence-electron chi connectivity index (χ3n) is 3.28. The van der Waals surface area contributed by atoms with Gasteiger partial charge in [-0.15, -0.1) is 11.3 Å². The topological polar surface area (TPSA) is 63.6 Å². The first-order valence-electron chi connectivity index (χ1n) is 5.66. The number of nitrogens with two attached hydrogens (primary N) is 1. The van der Waals surface area contributed by atoms with Crippen molar-refractivity contribution in [3.05, 3.63) is 17.3 Å². The summed E-state index contributed by atoms with van der Waals surface area (Å²) in [6, 6.07) is 0.0958. The van der Waals surface area contributed by atoms with Gasteiger partial charge in [-0.2, -0.15) is 0 Å². The molecule has 0 saturated carbocycles. The largest absolute Gasteiger partial charge is 0.369 e. The number of rotatable bonds is 1. The smallest absolute Gasteiger partial charge is 0.220 e. The summed E-state index contributed by atoms with van der Waals surface area (Å²) in [6.07, 6.45) is 3.93. The van der Waals surface area contributed by atoms with Crippen LogP contribution >= 0.6 is 11.3 Å². The van der Waals surface area contributed by atoms with Gasteiger partial charge in [-0.1, -0.05) is 0 Å². The van der Waals surface area contributed by atoms with Crippen LogP contribution < -0.4 is 5.73 Å². The summed E-state index contributed by atoms with van der Waals surface area (Å²) in [5, 5.41) is 1.99. The zero-order valence-corrected chi connectivity index (χ0v) is 10.4. The number of hydrogen-bond donors (Lipinski definition) is 1. The SMILES string of the molecule is CC(=O)N1CCCC1c1nc(N)n2ccsc12. The second-order valence-corrected chi connectivity index (χ2v) is 5.20. The van der Waals surface area contributed by atoms with Gasteiger partial charge >= 0.3 is 0 Å². The summed E-state index contributed by atoms with van der Waals surface area (Å²) in [5.74, 6) is 0.621. The third kappa shape index (κ3) is 1.51. The molecule has 1 fully saturated rings. The lowest BCUT2D eigenvalue weighted by Gasteiger charge is -2.21. The minimum atomic E-state index is 0.0958. The van der Waals surface area contributed by atoms with Crippen LogP contribution in [-0.4, -0.2) is 26.7 Å². The number of hydrogen-bond acceptors (Lipinski definition) is 4. The fourth-order valence-electron chi connectivity index (χ4n) is 2.51. The lowest BCUT2D eigenvalue weighted by Crippen LogP contribution is -2.28. The molecule has 90 valence electrons. The van der Waals surface area contributed by atoms with E-state index in [9.17, 15) is 4.79 Å². The van der Waals surface area contributed by atoms with Gasteiger partial charge in [0, 0.05) is 25.0 Å². The standard InChI is InChI=1S/C11H14N4OS/c1-7(16)14-4-2-3-8(14)9-10-15(5-6-17-10)11(12)13-9/h5-6,8H,2-4H2,1H3,(H2,12,13). The number of anilines is 1. The second-order valence-electron chi connectivity index (χ2n) is 4.30. The van der Waals surface area contributed by atoms with Crippen molar-refractivity contribution in [2.45, 2.75) is 25.8 Å². The summed E-state index contributed by atoms with van der Waals surface area (Å²) in [6.45, 7) is 2.44. The van der Waals surface area contributed by atoms with Crippen LogP contribution in [0.1, 0.15) is 31.5 Å². The third-order valence-corrected chi connectivity index (χ3v) is 4.17. The first-order valence-corrected chi connectivity index (χ1v) is 6.54. The fourth-order valence-corrected chi connectivity index (χ4v) is 3.40. The van der Waals surface area contributed by atoms with E-state index in [4.69, 9.17) is 5.73 Å². The van der Waals surface area contributed by atoms with Gasteiger partial charge in [-0.3, -0.25) is 9.20 Å². The van der Waals surface area contributed by atoms with E-state index >= 15 is 0 Å². The van der Waals surface area contributed by atoms with Crippen LogP contribution in [0.25, 0.3) is 4.83 Å². The maximum atomic E-state index is 11.6. The van der Waals surface area contributed by atoms with E-state index in [0.717, 1.165) is 29.9 Å². The lowest BCUT2D eigenvalue weighted by molar-refractivity contribution is -0.129. The van der Waals surface area contributed by atoms with E-state index in [0.29, 0.717) is 5.95 Å². The van der Waals surface area contributed by atoms with Crippen molar-refractivity contribution >= 4 is 28.0 Å². The van der Waals surface area contributed by atoms with Crippen LogP contribution in [-0.2, 0) is 4.79 Å². The van der Waals surface area contributed by atoms with Crippen molar-refractivity contribution < 1.29 is 4.79 Å². The van der Waals surface area contributed by atoms with Crippen molar-refractivity contribution in [3.63, 3.8) is 0 Å². The molecule has 0 bridgehead atoms. The summed E-state index contributed by atoms with van der Waals surface area (Å²) < 4.78 is 1.89. The highest BCUT2D eigenvalue weighted by Gasteiger charge is 2.31. The molecule has 2 aromatic heterocycles. The van der Waals surface area contributed by atoms with Gasteiger partial charge in [-0.25, -0.2) is 4.98 Å². The predicted octanol–water partition coefficient (Wildman–Crippen LogP) is 1.66. The van der Waals surface area contributed by atoms with Crippen molar-refractivity contribution in [2.24, 2.45) is 0 Å². The van der Waals surface area contributed by atoms with E-state index in [1.54, 1.807) is 18.3 Å². The Labute approximate surface area is 103 Å². The zero-order valence-electron chi connectivity index (χ0n) is 9.59. The molecule has 5 nitrogen and oxygen atoms in total. The van der Waals surface area contributed by atoms with Gasteiger partial charge in [0.15, 0.2) is 0 Å². The maximum absolute atomic E-state index is 11.6. The second kappa shape index (κ2) is 3.73. The van der Waals surface area contributed by atoms with E-state index in [1.165, 1.54) is 0 Å². The molecule has 2 N–H and O–H groups in total. The van der Waals surface area contributed by atoms with E-state index in [1.807, 2.05) is 20.9 Å². The molecule has 0 aliphatic carbocycles. The van der Waals surface area contributed by atoms with Crippen molar-refractivity contribution in [1.29, 1.82) is 0 Å². The zero-order chi connectivity index (χ0) is 12.0. The van der Waals surface area contributed by atoms with Gasteiger partial charge in [-0.05, 0) is 12.8 Å². The number of aromatic nitrogens is 2. The highest BCUT2D eigenvalue weighted by molar-refractivity contribution is 7.15. The number of amides is 1. The quantitative estimate of drug-likeness (QED) is 0.837. The molecule has 1 saturated heterocycles. The van der Waals surface area contributed by atoms with Gasteiger partial charge in [0.2, 0.25) is 11.9 Å². The Bertz CT molecular complexity index is 573. The minimum Gasteiger partial charge on any atom is -0.369 e. The van der Waals surface area contributed by atoms with Gasteiger partial charge in [0.1, 0.15) is 10.5 Å². The van der Waals surface area contributed by atoms with Crippen LogP contribution in [0.3, 0.4) is 0 Å². The average Bonchev–Trinajstić information content (AvgIpc) is 2.95. The number of likely N-dealkylation sites (tertiary alicyclic amines) is 1. The molecular weight excluding hydrogens is 236 g/mol. The maximum Gasteiger partial charge on any atom is 0.220 e. The predicted molar refractivity (Wildman–Crippen MR) is 66.8 cm³/mol. The van der Waals surface area contributed by atoms with Crippen LogP contribution in [0.5, 0.6) is 0 Å². The highest BCUT2D eigenvalue weighted by Crippen LogP contribution is 2.35. The Morgan fingerprint density at radius 1 is 1.65 bits per heavy atom. The highest BCUT2D eigenvalue weighted by atomic mass is 32.1. The van der Waals surface area contributed by atoms with E-state index in [-0.39, 0.29) is 11.9 Å². The molecule has 3 heterocycles. The molecule has 0 spiro atoms. The molecule has 6 heteroatoms. The Morgan fingerprint density at radius 2 is 2.47 bits per heavy atom. The molecule has 1 atom stereocenters. The first-order chi connectivity index (χ1) is 8.18. The first kappa shape index (κ1) is 10.6. The minimum absolute atomic E-state index is 0.0958. The molecule has 1 amide bonds. The number of fused-ring (bicyclic) bond motifs is 1. The normalized spacial score (nSPS) is 20.3. The van der Waals surface area contributed by atoms with Crippen LogP contribution in [0.4, 0.5) is 5.95 Å². The number of nitrogen functional groups attached to an aromatic ring is 1. The van der Waals surface area contributed by atoms with Gasteiger partial charge in [0.25, 0.3) is 0 Å². The molecule has 0 aromatic carbocycles. The molecule has 1 aliphatic rings. The van der Waals surface area contributed by atoms with Gasteiger partial charge in [0.05, 0.1) is 6.04 Å². The molecule has 17 heavy (non-hydrogen) atoms. The van der Waals surface area contributed by atoms with Crippen molar-refractivity contribution in [3.8, 4) is 0 Å². The van der Waals surface area contributed by atoms with Crippen molar-refractivity contribution in [1.82, 2.24) is 14.3 Å². The number of imidazole rings is 1. The number of carbonyl (C=O) groups is 1. The Balaban J connectivity index is 2.08. The fraction of sp³-hybridized carbons (Fsp3) is 0.455. The summed E-state index contributed by atoms with van der Waals surface area (Å²) in [5.41, 5.74) is 6.81. The molecule has 1 unspecified atom stereocenters. The molecule has 2 aromatic rings. The Morgan fingerprint density at radius 3 is 3.24 bits per heavy atom. The monoisotopic (exact) mass is 250 g/mol. The molecule has 0 radical (unpaired) electrons. The van der Waals surface area contributed by atoms with Gasteiger partial charge < -0.3 is 10.6 Å².